The summed E-state index contributed by atoms with van der Waals surface area (Å²) in [6.45, 7) is 2.75. The number of rotatable bonds is 5. The van der Waals surface area contributed by atoms with Crippen LogP contribution in [0.2, 0.25) is 0 Å². The van der Waals surface area contributed by atoms with Crippen molar-refractivity contribution in [3.63, 3.8) is 0 Å². The van der Waals surface area contributed by atoms with Crippen molar-refractivity contribution in [2.45, 2.75) is 37.2 Å². The number of halogens is 1. The van der Waals surface area contributed by atoms with Crippen molar-refractivity contribution >= 4 is 21.8 Å². The van der Waals surface area contributed by atoms with Gasteiger partial charge < -0.3 is 10.1 Å². The van der Waals surface area contributed by atoms with Gasteiger partial charge in [0.15, 0.2) is 0 Å². The molecule has 0 atom stereocenters. The minimum atomic E-state index is 0.0103. The second-order valence-corrected chi connectivity index (χ2v) is 5.11. The lowest BCUT2D eigenvalue weighted by Crippen LogP contribution is -2.47. The van der Waals surface area contributed by atoms with E-state index in [-0.39, 0.29) is 11.9 Å². The molecule has 1 saturated carbocycles. The van der Waals surface area contributed by atoms with Crippen LogP contribution in [-0.2, 0) is 10.1 Å². The first-order valence-corrected chi connectivity index (χ1v) is 7.42. The minimum absolute atomic E-state index is 0.0103. The normalized spacial score (nSPS) is 22.3. The van der Waals surface area contributed by atoms with Crippen LogP contribution < -0.4 is 5.32 Å². The van der Waals surface area contributed by atoms with Gasteiger partial charge in [-0.15, -0.1) is 0 Å². The third kappa shape index (κ3) is 3.33. The summed E-state index contributed by atoms with van der Waals surface area (Å²) >= 11 is 3.39. The molecule has 0 aliphatic heterocycles. The zero-order valence-electron chi connectivity index (χ0n) is 10.5. The maximum Gasteiger partial charge on any atom is 0.251 e. The Kier molecular flexibility index (Phi) is 4.78. The molecule has 2 rings (SSSR count). The number of hydrogen-bond donors (Lipinski definition) is 1. The molecule has 18 heavy (non-hydrogen) atoms. The zero-order chi connectivity index (χ0) is 13.0. The molecule has 0 aromatic heterocycles. The van der Waals surface area contributed by atoms with E-state index in [9.17, 15) is 4.79 Å². The van der Waals surface area contributed by atoms with Crippen molar-refractivity contribution in [2.75, 3.05) is 6.61 Å². The van der Waals surface area contributed by atoms with Crippen LogP contribution in [0.25, 0.3) is 0 Å². The van der Waals surface area contributed by atoms with E-state index in [4.69, 9.17) is 4.74 Å². The Hall–Kier alpha value is -0.870. The topological polar surface area (TPSA) is 38.3 Å². The first kappa shape index (κ1) is 13.6. The quantitative estimate of drug-likeness (QED) is 0.849. The number of carbonyl (C=O) groups is 1. The first-order valence-electron chi connectivity index (χ1n) is 6.30. The summed E-state index contributed by atoms with van der Waals surface area (Å²) in [6.07, 6.45) is 2.19. The maximum absolute atomic E-state index is 11.9. The monoisotopic (exact) mass is 311 g/mol. The molecule has 4 heteroatoms. The Morgan fingerprint density at radius 1 is 1.39 bits per heavy atom. The lowest BCUT2D eigenvalue weighted by atomic mass is 9.89. The average molecular weight is 312 g/mol. The fraction of sp³-hybridized carbons (Fsp3) is 0.500. The van der Waals surface area contributed by atoms with Gasteiger partial charge in [-0.25, -0.2) is 0 Å². The zero-order valence-corrected chi connectivity index (χ0v) is 12.1. The number of benzene rings is 1. The summed E-state index contributed by atoms with van der Waals surface area (Å²) < 4.78 is 5.47. The van der Waals surface area contributed by atoms with E-state index in [1.54, 1.807) is 0 Å². The van der Waals surface area contributed by atoms with Gasteiger partial charge >= 0.3 is 0 Å². The van der Waals surface area contributed by atoms with Gasteiger partial charge in [-0.1, -0.05) is 28.1 Å². The molecule has 0 heterocycles. The Labute approximate surface area is 116 Å². The van der Waals surface area contributed by atoms with Crippen LogP contribution in [-0.4, -0.2) is 24.7 Å². The second-order valence-electron chi connectivity index (χ2n) is 4.55. The van der Waals surface area contributed by atoms with Gasteiger partial charge in [0.2, 0.25) is 0 Å². The predicted molar refractivity (Wildman–Crippen MR) is 75.0 cm³/mol. The van der Waals surface area contributed by atoms with Gasteiger partial charge in [0.25, 0.3) is 5.91 Å². The minimum Gasteiger partial charge on any atom is -0.378 e. The van der Waals surface area contributed by atoms with Crippen molar-refractivity contribution < 1.29 is 9.53 Å². The maximum atomic E-state index is 11.9. The molecule has 1 aromatic rings. The summed E-state index contributed by atoms with van der Waals surface area (Å²) in [5.74, 6) is 0.0103. The Morgan fingerprint density at radius 2 is 2.06 bits per heavy atom. The van der Waals surface area contributed by atoms with Crippen molar-refractivity contribution in [1.82, 2.24) is 5.32 Å². The lowest BCUT2D eigenvalue weighted by Gasteiger charge is -2.35. The Bertz CT molecular complexity index is 399. The molecule has 1 aromatic carbocycles. The third-order valence-corrected chi connectivity index (χ3v) is 3.85. The third-order valence-electron chi connectivity index (χ3n) is 3.20. The van der Waals surface area contributed by atoms with Crippen molar-refractivity contribution in [2.24, 2.45) is 0 Å². The number of hydrogen-bond acceptors (Lipinski definition) is 2. The highest BCUT2D eigenvalue weighted by atomic mass is 79.9. The molecular formula is C14H18BrNO2. The molecule has 0 saturated heterocycles. The molecule has 3 nitrogen and oxygen atoms in total. The predicted octanol–water partition coefficient (Wildman–Crippen LogP) is 2.88. The highest BCUT2D eigenvalue weighted by Crippen LogP contribution is 2.23. The van der Waals surface area contributed by atoms with Gasteiger partial charge in [-0.3, -0.25) is 4.79 Å². The molecule has 1 aliphatic rings. The molecule has 1 fully saturated rings. The van der Waals surface area contributed by atoms with Crippen LogP contribution in [0.5, 0.6) is 0 Å². The van der Waals surface area contributed by atoms with Gasteiger partial charge in [0, 0.05) is 23.5 Å². The lowest BCUT2D eigenvalue weighted by molar-refractivity contribution is -0.00862. The number of alkyl halides is 1. The number of carbonyl (C=O) groups excluding carboxylic acids is 1. The molecule has 1 aliphatic carbocycles. The number of nitrogens with one attached hydrogen (secondary N) is 1. The molecule has 0 radical (unpaired) electrons. The van der Waals surface area contributed by atoms with E-state index >= 15 is 0 Å². The van der Waals surface area contributed by atoms with Gasteiger partial charge in [0.1, 0.15) is 0 Å². The van der Waals surface area contributed by atoms with E-state index < -0.39 is 0 Å². The molecule has 1 N–H and O–H groups in total. The largest absolute Gasteiger partial charge is 0.378 e. The average Bonchev–Trinajstić information content (AvgIpc) is 2.36. The van der Waals surface area contributed by atoms with Crippen LogP contribution in [0.15, 0.2) is 24.3 Å². The van der Waals surface area contributed by atoms with E-state index in [1.165, 1.54) is 5.56 Å². The van der Waals surface area contributed by atoms with Crippen molar-refractivity contribution in [3.05, 3.63) is 35.4 Å². The van der Waals surface area contributed by atoms with Gasteiger partial charge in [0.05, 0.1) is 6.10 Å². The standard InChI is InChI=1S/C14H18BrNO2/c1-2-18-13-7-12(8-13)16-14(17)11-5-3-10(9-15)4-6-11/h3-6,12-13H,2,7-9H2,1H3,(H,16,17). The molecular weight excluding hydrogens is 294 g/mol. The summed E-state index contributed by atoms with van der Waals surface area (Å²) in [5, 5.41) is 3.84. The number of amides is 1. The van der Waals surface area contributed by atoms with Crippen LogP contribution in [0.1, 0.15) is 35.7 Å². The van der Waals surface area contributed by atoms with Gasteiger partial charge in [-0.05, 0) is 37.5 Å². The molecule has 98 valence electrons. The highest BCUT2D eigenvalue weighted by molar-refractivity contribution is 9.08. The molecule has 0 spiro atoms. The Balaban J connectivity index is 1.81. The fourth-order valence-electron chi connectivity index (χ4n) is 2.07. The van der Waals surface area contributed by atoms with Crippen LogP contribution in [0.3, 0.4) is 0 Å². The summed E-state index contributed by atoms with van der Waals surface area (Å²) in [6, 6.07) is 7.93. The molecule has 1 amide bonds. The molecule has 0 unspecified atom stereocenters. The van der Waals surface area contributed by atoms with Crippen LogP contribution in [0.4, 0.5) is 0 Å². The van der Waals surface area contributed by atoms with E-state index in [2.05, 4.69) is 21.2 Å². The second kappa shape index (κ2) is 6.34. The number of ether oxygens (including phenoxy) is 1. The smallest absolute Gasteiger partial charge is 0.251 e. The molecule has 0 bridgehead atoms. The van der Waals surface area contributed by atoms with E-state index in [1.807, 2.05) is 31.2 Å². The van der Waals surface area contributed by atoms with Gasteiger partial charge in [-0.2, -0.15) is 0 Å². The fourth-order valence-corrected chi connectivity index (χ4v) is 2.44. The van der Waals surface area contributed by atoms with Crippen molar-refractivity contribution in [3.8, 4) is 0 Å². The first-order chi connectivity index (χ1) is 8.72. The van der Waals surface area contributed by atoms with Crippen LogP contribution >= 0.6 is 15.9 Å². The van der Waals surface area contributed by atoms with E-state index in [0.717, 1.165) is 30.3 Å². The summed E-state index contributed by atoms with van der Waals surface area (Å²) in [4.78, 5) is 11.9. The summed E-state index contributed by atoms with van der Waals surface area (Å²) in [5.41, 5.74) is 1.89. The van der Waals surface area contributed by atoms with Crippen molar-refractivity contribution in [1.29, 1.82) is 0 Å². The van der Waals surface area contributed by atoms with Crippen LogP contribution in [0, 0.1) is 0 Å². The highest BCUT2D eigenvalue weighted by Gasteiger charge is 2.30. The Morgan fingerprint density at radius 3 is 2.61 bits per heavy atom. The van der Waals surface area contributed by atoms with E-state index in [0.29, 0.717) is 6.10 Å². The summed E-state index contributed by atoms with van der Waals surface area (Å²) in [7, 11) is 0. The SMILES string of the molecule is CCOC1CC(NC(=O)c2ccc(CBr)cc2)C1.